The van der Waals surface area contributed by atoms with Gasteiger partial charge in [-0.1, -0.05) is 39.7 Å². The van der Waals surface area contributed by atoms with Gasteiger partial charge in [0.15, 0.2) is 0 Å². The summed E-state index contributed by atoms with van der Waals surface area (Å²) >= 11 is 10.2. The Bertz CT molecular complexity index is 1450. The van der Waals surface area contributed by atoms with E-state index in [1.807, 2.05) is 55.5 Å². The fourth-order valence-corrected chi connectivity index (χ4v) is 5.74. The van der Waals surface area contributed by atoms with Gasteiger partial charge in [-0.2, -0.15) is 5.10 Å². The Morgan fingerprint density at radius 1 is 1.12 bits per heavy atom. The highest BCUT2D eigenvalue weighted by molar-refractivity contribution is 9.10. The van der Waals surface area contributed by atoms with E-state index in [-0.39, 0.29) is 24.7 Å². The second-order valence-electron chi connectivity index (χ2n) is 10.3. The monoisotopic (exact) mass is 655 g/mol. The van der Waals surface area contributed by atoms with E-state index in [2.05, 4.69) is 31.1 Å². The van der Waals surface area contributed by atoms with Crippen LogP contribution in [0.4, 0.5) is 0 Å². The highest BCUT2D eigenvalue weighted by Gasteiger charge is 2.35. The summed E-state index contributed by atoms with van der Waals surface area (Å²) in [5.41, 5.74) is 3.12. The first-order valence-corrected chi connectivity index (χ1v) is 15.5. The minimum atomic E-state index is -0.441. The van der Waals surface area contributed by atoms with Crippen LogP contribution in [0.15, 0.2) is 58.1 Å². The Hall–Kier alpha value is -3.05. The molecule has 2 aliphatic heterocycles. The summed E-state index contributed by atoms with van der Waals surface area (Å²) in [7, 11) is 0. The number of hydrazone groups is 1. The molecule has 0 radical (unpaired) electrons. The van der Waals surface area contributed by atoms with Crippen LogP contribution in [0.3, 0.4) is 0 Å². The molecule has 11 heteroatoms. The van der Waals surface area contributed by atoms with Crippen molar-refractivity contribution in [3.05, 3.63) is 69.3 Å². The van der Waals surface area contributed by atoms with Crippen molar-refractivity contribution in [2.75, 3.05) is 46.0 Å². The van der Waals surface area contributed by atoms with Crippen molar-refractivity contribution >= 4 is 56.0 Å². The Labute approximate surface area is 259 Å². The summed E-state index contributed by atoms with van der Waals surface area (Å²) < 4.78 is 11.9. The minimum absolute atomic E-state index is 0.0409. The quantitative estimate of drug-likeness (QED) is 0.221. The van der Waals surface area contributed by atoms with Gasteiger partial charge in [-0.15, -0.1) is 0 Å². The molecule has 2 amide bonds. The van der Waals surface area contributed by atoms with Crippen LogP contribution in [0.25, 0.3) is 10.9 Å². The fraction of sp³-hybridized carbons (Fsp3) is 0.419. The average Bonchev–Trinajstić information content (AvgIpc) is 3.44. The number of aromatic nitrogens is 1. The predicted molar refractivity (Wildman–Crippen MR) is 167 cm³/mol. The van der Waals surface area contributed by atoms with Crippen LogP contribution < -0.4 is 10.1 Å². The van der Waals surface area contributed by atoms with Crippen LogP contribution in [0.2, 0.25) is 5.15 Å². The summed E-state index contributed by atoms with van der Waals surface area (Å²) in [5.74, 6) is 0.339. The smallest absolute Gasteiger partial charge is 0.243 e. The SMILES string of the molecule is CCOc1ccc2cc(C3CC(c4ccc(Br)cc4)=NN3C(=O)CCC(=O)NCCCN3CCOCC3)c(Cl)nc2c1. The molecule has 1 atom stereocenters. The third-order valence-corrected chi connectivity index (χ3v) is 8.26. The Morgan fingerprint density at radius 2 is 1.90 bits per heavy atom. The van der Waals surface area contributed by atoms with Gasteiger partial charge in [-0.25, -0.2) is 9.99 Å². The van der Waals surface area contributed by atoms with Gasteiger partial charge in [0.05, 0.1) is 37.1 Å². The zero-order valence-corrected chi connectivity index (χ0v) is 26.0. The van der Waals surface area contributed by atoms with Crippen LogP contribution in [0.1, 0.15) is 49.8 Å². The summed E-state index contributed by atoms with van der Waals surface area (Å²) in [6.45, 7) is 7.34. The standard InChI is InChI=1S/C31H35BrClN5O4/c1-2-42-24-9-6-22-18-25(31(33)35-26(22)19-24)28-20-27(21-4-7-23(32)8-5-21)36-38(28)30(40)11-10-29(39)34-12-3-13-37-14-16-41-17-15-37/h4-9,18-19,28H,2-3,10-17,20H2,1H3,(H,34,39). The third kappa shape index (κ3) is 7.66. The van der Waals surface area contributed by atoms with Crippen molar-refractivity contribution in [2.45, 2.75) is 38.6 Å². The number of ether oxygens (including phenoxy) is 2. The number of fused-ring (bicyclic) bond motifs is 1. The van der Waals surface area contributed by atoms with E-state index in [9.17, 15) is 9.59 Å². The van der Waals surface area contributed by atoms with Crippen molar-refractivity contribution < 1.29 is 19.1 Å². The number of hydrogen-bond donors (Lipinski definition) is 1. The van der Waals surface area contributed by atoms with E-state index in [1.54, 1.807) is 0 Å². The van der Waals surface area contributed by atoms with Gasteiger partial charge in [0.2, 0.25) is 11.8 Å². The number of rotatable bonds is 11. The molecule has 1 fully saturated rings. The predicted octanol–water partition coefficient (Wildman–Crippen LogP) is 5.35. The number of halogens is 2. The van der Waals surface area contributed by atoms with E-state index in [1.165, 1.54) is 5.01 Å². The van der Waals surface area contributed by atoms with Gasteiger partial charge in [0.25, 0.3) is 0 Å². The van der Waals surface area contributed by atoms with E-state index in [4.69, 9.17) is 26.2 Å². The van der Waals surface area contributed by atoms with Crippen molar-refractivity contribution in [3.63, 3.8) is 0 Å². The van der Waals surface area contributed by atoms with Gasteiger partial charge in [-0.3, -0.25) is 14.5 Å². The molecule has 1 saturated heterocycles. The van der Waals surface area contributed by atoms with Gasteiger partial charge >= 0.3 is 0 Å². The minimum Gasteiger partial charge on any atom is -0.494 e. The fourth-order valence-electron chi connectivity index (χ4n) is 5.21. The van der Waals surface area contributed by atoms with Gasteiger partial charge in [-0.05, 0) is 55.8 Å². The number of pyridine rings is 1. The number of nitrogens with one attached hydrogen (secondary N) is 1. The van der Waals surface area contributed by atoms with Crippen LogP contribution >= 0.6 is 27.5 Å². The average molecular weight is 657 g/mol. The molecule has 0 saturated carbocycles. The lowest BCUT2D eigenvalue weighted by Gasteiger charge is -2.26. The molecule has 2 aliphatic rings. The van der Waals surface area contributed by atoms with Crippen LogP contribution in [-0.4, -0.2) is 78.4 Å². The maximum atomic E-state index is 13.5. The highest BCUT2D eigenvalue weighted by Crippen LogP contribution is 2.38. The van der Waals surface area contributed by atoms with E-state index in [0.717, 1.165) is 66.2 Å². The molecule has 42 heavy (non-hydrogen) atoms. The largest absolute Gasteiger partial charge is 0.494 e. The summed E-state index contributed by atoms with van der Waals surface area (Å²) in [5, 5.41) is 10.4. The molecule has 5 rings (SSSR count). The first kappa shape index (κ1) is 30.4. The summed E-state index contributed by atoms with van der Waals surface area (Å²) in [4.78, 5) is 33.0. The number of carbonyl (C=O) groups excluding carboxylic acids is 2. The third-order valence-electron chi connectivity index (χ3n) is 7.43. The number of hydrogen-bond acceptors (Lipinski definition) is 7. The maximum absolute atomic E-state index is 13.5. The molecule has 1 N–H and O–H groups in total. The zero-order chi connectivity index (χ0) is 29.5. The van der Waals surface area contributed by atoms with E-state index < -0.39 is 6.04 Å². The second kappa shape index (κ2) is 14.4. The molecule has 2 aromatic carbocycles. The molecule has 0 aliphatic carbocycles. The van der Waals surface area contributed by atoms with E-state index >= 15 is 0 Å². The number of carbonyl (C=O) groups is 2. The number of morpholine rings is 1. The Morgan fingerprint density at radius 3 is 2.67 bits per heavy atom. The normalized spacial score (nSPS) is 17.4. The molecule has 0 bridgehead atoms. The molecular weight excluding hydrogens is 622 g/mol. The first-order chi connectivity index (χ1) is 20.4. The van der Waals surface area contributed by atoms with Crippen molar-refractivity contribution in [1.29, 1.82) is 0 Å². The lowest BCUT2D eigenvalue weighted by molar-refractivity contribution is -0.135. The van der Waals surface area contributed by atoms with Crippen molar-refractivity contribution in [3.8, 4) is 5.75 Å². The molecule has 1 aromatic heterocycles. The van der Waals surface area contributed by atoms with Crippen molar-refractivity contribution in [2.24, 2.45) is 5.10 Å². The molecule has 0 spiro atoms. The summed E-state index contributed by atoms with van der Waals surface area (Å²) in [6, 6.07) is 15.0. The molecule has 222 valence electrons. The molecule has 3 aromatic rings. The van der Waals surface area contributed by atoms with Crippen LogP contribution in [-0.2, 0) is 14.3 Å². The zero-order valence-electron chi connectivity index (χ0n) is 23.7. The molecule has 1 unspecified atom stereocenters. The molecular formula is C31H35BrClN5O4. The number of nitrogens with zero attached hydrogens (tertiary/aromatic N) is 4. The molecule has 9 nitrogen and oxygen atoms in total. The van der Waals surface area contributed by atoms with Gasteiger partial charge in [0.1, 0.15) is 10.9 Å². The topological polar surface area (TPSA) is 96.4 Å². The Kier molecular flexibility index (Phi) is 10.4. The number of amides is 2. The van der Waals surface area contributed by atoms with Gasteiger partial charge in [0, 0.05) is 60.4 Å². The van der Waals surface area contributed by atoms with Crippen molar-refractivity contribution in [1.82, 2.24) is 20.2 Å². The van der Waals surface area contributed by atoms with Crippen LogP contribution in [0, 0.1) is 0 Å². The van der Waals surface area contributed by atoms with Crippen LogP contribution in [0.5, 0.6) is 5.75 Å². The summed E-state index contributed by atoms with van der Waals surface area (Å²) in [6.07, 6.45) is 1.46. The lowest BCUT2D eigenvalue weighted by Crippen LogP contribution is -2.38. The highest BCUT2D eigenvalue weighted by atomic mass is 79.9. The number of benzene rings is 2. The maximum Gasteiger partial charge on any atom is 0.243 e. The van der Waals surface area contributed by atoms with E-state index in [0.29, 0.717) is 35.8 Å². The second-order valence-corrected chi connectivity index (χ2v) is 11.6. The Balaban J connectivity index is 1.28. The first-order valence-electron chi connectivity index (χ1n) is 14.4. The molecule has 3 heterocycles. The van der Waals surface area contributed by atoms with Gasteiger partial charge < -0.3 is 14.8 Å². The lowest BCUT2D eigenvalue weighted by atomic mass is 9.98.